The lowest BCUT2D eigenvalue weighted by molar-refractivity contribution is -0.113. The number of aromatic nitrogens is 3. The van der Waals surface area contributed by atoms with Crippen LogP contribution in [-0.2, 0) is 28.4 Å². The smallest absolute Gasteiger partial charge is 0.234 e. The van der Waals surface area contributed by atoms with Crippen LogP contribution < -0.4 is 9.62 Å². The Bertz CT molecular complexity index is 1190. The van der Waals surface area contributed by atoms with Crippen molar-refractivity contribution in [2.75, 3.05) is 21.6 Å². The Morgan fingerprint density at radius 2 is 1.94 bits per heavy atom. The molecule has 0 saturated heterocycles. The molecule has 0 fully saturated rings. The Balaban J connectivity index is 1.66. The molecule has 1 N–H and O–H groups in total. The van der Waals surface area contributed by atoms with Gasteiger partial charge in [0.1, 0.15) is 5.82 Å². The number of rotatable bonds is 8. The predicted octanol–water partition coefficient (Wildman–Crippen LogP) is 3.30. The SMILES string of the molecule is Cn1c(CN(c2ccccc2)S(C)(=O)=O)nnc1SCC(=O)Nc1ccc(F)c(Cl)c1. The molecule has 2 aromatic carbocycles. The van der Waals surface area contributed by atoms with Gasteiger partial charge in [-0.25, -0.2) is 12.8 Å². The molecular formula is C19H19ClFN5O3S2. The third-order valence-electron chi connectivity index (χ3n) is 4.19. The van der Waals surface area contributed by atoms with E-state index in [1.54, 1.807) is 41.9 Å². The first-order valence-electron chi connectivity index (χ1n) is 8.94. The molecule has 0 atom stereocenters. The highest BCUT2D eigenvalue weighted by molar-refractivity contribution is 7.99. The monoisotopic (exact) mass is 483 g/mol. The number of amides is 1. The van der Waals surface area contributed by atoms with E-state index in [2.05, 4.69) is 15.5 Å². The van der Waals surface area contributed by atoms with Crippen LogP contribution in [0.3, 0.4) is 0 Å². The Hall–Kier alpha value is -2.63. The van der Waals surface area contributed by atoms with Crippen LogP contribution in [0.5, 0.6) is 0 Å². The first-order valence-corrected chi connectivity index (χ1v) is 12.1. The third-order valence-corrected chi connectivity index (χ3v) is 6.64. The number of carbonyl (C=O) groups is 1. The number of halogens is 2. The van der Waals surface area contributed by atoms with Crippen molar-refractivity contribution in [1.82, 2.24) is 14.8 Å². The molecule has 1 aromatic heterocycles. The van der Waals surface area contributed by atoms with Crippen molar-refractivity contribution in [1.29, 1.82) is 0 Å². The van der Waals surface area contributed by atoms with Gasteiger partial charge in [-0.2, -0.15) is 0 Å². The number of para-hydroxylation sites is 1. The van der Waals surface area contributed by atoms with Gasteiger partial charge in [-0.3, -0.25) is 9.10 Å². The number of sulfonamides is 1. The molecule has 0 bridgehead atoms. The zero-order valence-electron chi connectivity index (χ0n) is 16.6. The molecule has 0 unspecified atom stereocenters. The molecule has 8 nitrogen and oxygen atoms in total. The summed E-state index contributed by atoms with van der Waals surface area (Å²) in [4.78, 5) is 12.2. The zero-order chi connectivity index (χ0) is 22.6. The van der Waals surface area contributed by atoms with E-state index in [1.165, 1.54) is 22.5 Å². The molecule has 0 spiro atoms. The number of thioether (sulfide) groups is 1. The van der Waals surface area contributed by atoms with Gasteiger partial charge in [0.15, 0.2) is 11.0 Å². The van der Waals surface area contributed by atoms with Gasteiger partial charge < -0.3 is 9.88 Å². The van der Waals surface area contributed by atoms with Crippen molar-refractivity contribution < 1.29 is 17.6 Å². The topological polar surface area (TPSA) is 97.2 Å². The number of anilines is 2. The lowest BCUT2D eigenvalue weighted by atomic mass is 10.3. The minimum Gasteiger partial charge on any atom is -0.325 e. The summed E-state index contributed by atoms with van der Waals surface area (Å²) in [6.07, 6.45) is 1.12. The maximum absolute atomic E-state index is 13.2. The second kappa shape index (κ2) is 9.67. The number of hydrogen-bond acceptors (Lipinski definition) is 6. The zero-order valence-corrected chi connectivity index (χ0v) is 19.0. The van der Waals surface area contributed by atoms with Crippen molar-refractivity contribution >= 4 is 50.7 Å². The fourth-order valence-electron chi connectivity index (χ4n) is 2.63. The first-order chi connectivity index (χ1) is 14.6. The summed E-state index contributed by atoms with van der Waals surface area (Å²) in [5.41, 5.74) is 0.891. The molecule has 164 valence electrons. The van der Waals surface area contributed by atoms with Crippen LogP contribution >= 0.6 is 23.4 Å². The Labute approximate surface area is 188 Å². The highest BCUT2D eigenvalue weighted by Crippen LogP contribution is 2.23. The average molecular weight is 484 g/mol. The predicted molar refractivity (Wildman–Crippen MR) is 119 cm³/mol. The standard InChI is InChI=1S/C19H19ClFN5O3S2/c1-25-17(11-26(31(2,28)29)14-6-4-3-5-7-14)23-24-19(25)30-12-18(27)22-13-8-9-16(21)15(20)10-13/h3-10H,11-12H2,1-2H3,(H,22,27). The minimum absolute atomic E-state index is 0.00676. The Morgan fingerprint density at radius 3 is 2.58 bits per heavy atom. The molecule has 12 heteroatoms. The molecule has 0 saturated carbocycles. The van der Waals surface area contributed by atoms with E-state index in [1.807, 2.05) is 0 Å². The Kier molecular flexibility index (Phi) is 7.19. The van der Waals surface area contributed by atoms with Gasteiger partial charge in [-0.1, -0.05) is 41.6 Å². The van der Waals surface area contributed by atoms with E-state index in [0.29, 0.717) is 22.4 Å². The normalized spacial score (nSPS) is 11.4. The lowest BCUT2D eigenvalue weighted by Gasteiger charge is -2.21. The van der Waals surface area contributed by atoms with Crippen LogP contribution in [0.1, 0.15) is 5.82 Å². The van der Waals surface area contributed by atoms with Gasteiger partial charge in [0.25, 0.3) is 0 Å². The quantitative estimate of drug-likeness (QED) is 0.494. The maximum Gasteiger partial charge on any atom is 0.234 e. The summed E-state index contributed by atoms with van der Waals surface area (Å²) in [6.45, 7) is -0.00676. The summed E-state index contributed by atoms with van der Waals surface area (Å²) in [5.74, 6) is -0.462. The van der Waals surface area contributed by atoms with Gasteiger partial charge in [0.05, 0.1) is 29.3 Å². The molecule has 3 rings (SSSR count). The van der Waals surface area contributed by atoms with Gasteiger partial charge in [-0.05, 0) is 30.3 Å². The van der Waals surface area contributed by atoms with E-state index in [4.69, 9.17) is 11.6 Å². The highest BCUT2D eigenvalue weighted by Gasteiger charge is 2.21. The van der Waals surface area contributed by atoms with Crippen molar-refractivity contribution in [3.63, 3.8) is 0 Å². The van der Waals surface area contributed by atoms with Crippen LogP contribution in [-0.4, -0.2) is 41.1 Å². The molecule has 0 radical (unpaired) electrons. The molecule has 0 aliphatic heterocycles. The summed E-state index contributed by atoms with van der Waals surface area (Å²) in [7, 11) is -1.85. The second-order valence-corrected chi connectivity index (χ2v) is 9.79. The highest BCUT2D eigenvalue weighted by atomic mass is 35.5. The number of carbonyl (C=O) groups excluding carboxylic acids is 1. The molecule has 3 aromatic rings. The van der Waals surface area contributed by atoms with Gasteiger partial charge in [-0.15, -0.1) is 10.2 Å². The molecule has 1 amide bonds. The second-order valence-electron chi connectivity index (χ2n) is 6.53. The van der Waals surface area contributed by atoms with Crippen LogP contribution in [0, 0.1) is 5.82 Å². The molecular weight excluding hydrogens is 465 g/mol. The third kappa shape index (κ3) is 5.96. The van der Waals surface area contributed by atoms with E-state index >= 15 is 0 Å². The van der Waals surface area contributed by atoms with Crippen LogP contribution in [0.4, 0.5) is 15.8 Å². The maximum atomic E-state index is 13.2. The van der Waals surface area contributed by atoms with E-state index in [9.17, 15) is 17.6 Å². The summed E-state index contributed by atoms with van der Waals surface area (Å²) >= 11 is 6.85. The minimum atomic E-state index is -3.55. The van der Waals surface area contributed by atoms with Crippen LogP contribution in [0.2, 0.25) is 5.02 Å². The summed E-state index contributed by atoms with van der Waals surface area (Å²) in [6, 6.07) is 12.6. The average Bonchev–Trinajstić information content (AvgIpc) is 3.06. The fraction of sp³-hybridized carbons (Fsp3) is 0.211. The summed E-state index contributed by atoms with van der Waals surface area (Å²) in [5, 5.41) is 11.1. The number of nitrogens with one attached hydrogen (secondary N) is 1. The van der Waals surface area contributed by atoms with E-state index in [-0.39, 0.29) is 23.2 Å². The van der Waals surface area contributed by atoms with Crippen molar-refractivity contribution in [3.8, 4) is 0 Å². The van der Waals surface area contributed by atoms with Gasteiger partial charge in [0, 0.05) is 12.7 Å². The number of hydrogen-bond donors (Lipinski definition) is 1. The molecule has 0 aliphatic rings. The number of nitrogens with zero attached hydrogens (tertiary/aromatic N) is 4. The number of benzene rings is 2. The van der Waals surface area contributed by atoms with Crippen LogP contribution in [0.15, 0.2) is 53.7 Å². The summed E-state index contributed by atoms with van der Waals surface area (Å²) < 4.78 is 40.6. The van der Waals surface area contributed by atoms with Crippen LogP contribution in [0.25, 0.3) is 0 Å². The largest absolute Gasteiger partial charge is 0.325 e. The van der Waals surface area contributed by atoms with Gasteiger partial charge >= 0.3 is 0 Å². The van der Waals surface area contributed by atoms with Crippen molar-refractivity contribution in [3.05, 3.63) is 65.2 Å². The fourth-order valence-corrected chi connectivity index (χ4v) is 4.40. The molecule has 1 heterocycles. The first kappa shape index (κ1) is 23.0. The van der Waals surface area contributed by atoms with Crippen molar-refractivity contribution in [2.45, 2.75) is 11.7 Å². The van der Waals surface area contributed by atoms with Crippen molar-refractivity contribution in [2.24, 2.45) is 7.05 Å². The van der Waals surface area contributed by atoms with E-state index < -0.39 is 15.8 Å². The molecule has 0 aliphatic carbocycles. The molecule has 31 heavy (non-hydrogen) atoms. The van der Waals surface area contributed by atoms with E-state index in [0.717, 1.165) is 18.0 Å². The van der Waals surface area contributed by atoms with Gasteiger partial charge in [0.2, 0.25) is 15.9 Å². The Morgan fingerprint density at radius 1 is 1.23 bits per heavy atom. The lowest BCUT2D eigenvalue weighted by Crippen LogP contribution is -2.30.